The van der Waals surface area contributed by atoms with Crippen LogP contribution >= 0.6 is 11.6 Å². The highest BCUT2D eigenvalue weighted by Crippen LogP contribution is 2.26. The van der Waals surface area contributed by atoms with Crippen LogP contribution in [0.1, 0.15) is 49.3 Å². The Labute approximate surface area is 182 Å². The molecule has 0 unspecified atom stereocenters. The first-order chi connectivity index (χ1) is 14.5. The van der Waals surface area contributed by atoms with Gasteiger partial charge >= 0.3 is 5.97 Å². The lowest BCUT2D eigenvalue weighted by Gasteiger charge is -2.15. The van der Waals surface area contributed by atoms with Crippen molar-refractivity contribution in [1.29, 1.82) is 0 Å². The van der Waals surface area contributed by atoms with E-state index in [2.05, 4.69) is 16.5 Å². The number of nitrogens with zero attached hydrogens (tertiary/aromatic N) is 2. The summed E-state index contributed by atoms with van der Waals surface area (Å²) in [4.78, 5) is 16.8. The van der Waals surface area contributed by atoms with E-state index in [0.717, 1.165) is 47.5 Å². The highest BCUT2D eigenvalue weighted by molar-refractivity contribution is 6.31. The molecule has 0 spiro atoms. The molecule has 2 aromatic carbocycles. The molecule has 0 aliphatic carbocycles. The largest absolute Gasteiger partial charge is 0.478 e. The van der Waals surface area contributed by atoms with E-state index in [4.69, 9.17) is 11.6 Å². The first-order valence-electron chi connectivity index (χ1n) is 10.3. The third-order valence-corrected chi connectivity index (χ3v) is 5.67. The maximum Gasteiger partial charge on any atom is 0.332 e. The molecular weight excluding hydrogens is 396 g/mol. The van der Waals surface area contributed by atoms with Gasteiger partial charge in [-0.25, -0.2) is 9.78 Å². The fourth-order valence-corrected chi connectivity index (χ4v) is 3.74. The molecule has 0 bridgehead atoms. The van der Waals surface area contributed by atoms with Gasteiger partial charge in [-0.05, 0) is 36.1 Å². The number of hydrogen-bond acceptors (Lipinski definition) is 2. The average molecular weight is 423 g/mol. The minimum absolute atomic E-state index is 0.365. The number of aliphatic carboxylic acids is 1. The number of allylic oxidation sites excluding steroid dienone is 1. The molecule has 0 saturated heterocycles. The Kier molecular flexibility index (Phi) is 7.47. The lowest BCUT2D eigenvalue weighted by Crippen LogP contribution is -2.12. The molecule has 0 radical (unpaired) electrons. The Hall–Kier alpha value is -2.85. The predicted molar refractivity (Wildman–Crippen MR) is 122 cm³/mol. The fourth-order valence-electron chi connectivity index (χ4n) is 3.54. The van der Waals surface area contributed by atoms with Gasteiger partial charge in [0.05, 0.1) is 18.4 Å². The number of carboxylic acid groups (broad SMARTS) is 1. The molecule has 5 heteroatoms. The number of benzene rings is 2. The van der Waals surface area contributed by atoms with Crippen LogP contribution < -0.4 is 0 Å². The fraction of sp³-hybridized carbons (Fsp3) is 0.280. The third kappa shape index (κ3) is 5.19. The minimum Gasteiger partial charge on any atom is -0.478 e. The van der Waals surface area contributed by atoms with Gasteiger partial charge in [-0.15, -0.1) is 0 Å². The van der Waals surface area contributed by atoms with Crippen molar-refractivity contribution in [2.45, 2.75) is 46.1 Å². The van der Waals surface area contributed by atoms with E-state index in [1.807, 2.05) is 61.5 Å². The van der Waals surface area contributed by atoms with Gasteiger partial charge in [0.25, 0.3) is 0 Å². The zero-order valence-electron chi connectivity index (χ0n) is 17.4. The molecule has 0 atom stereocenters. The highest BCUT2D eigenvalue weighted by Gasteiger charge is 2.19. The molecular formula is C25H27ClN2O2. The van der Waals surface area contributed by atoms with Crippen molar-refractivity contribution in [3.8, 4) is 0 Å². The van der Waals surface area contributed by atoms with Gasteiger partial charge < -0.3 is 9.67 Å². The van der Waals surface area contributed by atoms with E-state index in [0.29, 0.717) is 23.6 Å². The number of imidazole rings is 1. The molecule has 0 aliphatic rings. The zero-order valence-corrected chi connectivity index (χ0v) is 18.2. The summed E-state index contributed by atoms with van der Waals surface area (Å²) < 4.78 is 2.11. The van der Waals surface area contributed by atoms with Crippen molar-refractivity contribution in [1.82, 2.24) is 9.55 Å². The molecule has 30 heavy (non-hydrogen) atoms. The monoisotopic (exact) mass is 422 g/mol. The number of rotatable bonds is 9. The zero-order chi connectivity index (χ0) is 21.5. The maximum atomic E-state index is 12.1. The van der Waals surface area contributed by atoms with Gasteiger partial charge in [0.1, 0.15) is 5.82 Å². The average Bonchev–Trinajstić information content (AvgIpc) is 3.14. The van der Waals surface area contributed by atoms with Crippen molar-refractivity contribution >= 4 is 23.1 Å². The van der Waals surface area contributed by atoms with Crippen LogP contribution in [0.4, 0.5) is 0 Å². The first kappa shape index (κ1) is 21.8. The molecule has 156 valence electrons. The summed E-state index contributed by atoms with van der Waals surface area (Å²) in [5, 5.41) is 10.6. The number of hydrogen-bond donors (Lipinski definition) is 1. The molecule has 1 heterocycles. The lowest BCUT2D eigenvalue weighted by atomic mass is 9.99. The second kappa shape index (κ2) is 10.3. The van der Waals surface area contributed by atoms with E-state index in [-0.39, 0.29) is 0 Å². The Balaban J connectivity index is 2.06. The highest BCUT2D eigenvalue weighted by atomic mass is 35.5. The predicted octanol–water partition coefficient (Wildman–Crippen LogP) is 6.03. The van der Waals surface area contributed by atoms with Crippen LogP contribution in [0, 0.1) is 0 Å². The normalized spacial score (nSPS) is 12.0. The molecule has 1 N–H and O–H groups in total. The van der Waals surface area contributed by atoms with E-state index < -0.39 is 5.97 Å². The number of unbranched alkanes of at least 4 members (excludes halogenated alkanes) is 1. The van der Waals surface area contributed by atoms with E-state index in [1.165, 1.54) is 0 Å². The molecule has 0 amide bonds. The van der Waals surface area contributed by atoms with Crippen molar-refractivity contribution < 1.29 is 9.90 Å². The van der Waals surface area contributed by atoms with Crippen LogP contribution in [0.25, 0.3) is 5.57 Å². The molecule has 1 aromatic heterocycles. The second-order valence-corrected chi connectivity index (χ2v) is 7.82. The SMILES string of the molecule is CCCCc1ncc(C(C)=C(Cc2ccccc2)C(=O)O)n1Cc1ccccc1Cl. The maximum absolute atomic E-state index is 12.1. The summed E-state index contributed by atoms with van der Waals surface area (Å²) in [6.07, 6.45) is 5.10. The summed E-state index contributed by atoms with van der Waals surface area (Å²) >= 11 is 6.41. The first-order valence-corrected chi connectivity index (χ1v) is 10.6. The van der Waals surface area contributed by atoms with E-state index in [9.17, 15) is 9.90 Å². The van der Waals surface area contributed by atoms with E-state index >= 15 is 0 Å². The summed E-state index contributed by atoms with van der Waals surface area (Å²) in [5.41, 5.74) is 3.90. The molecule has 0 fully saturated rings. The lowest BCUT2D eigenvalue weighted by molar-refractivity contribution is -0.132. The molecule has 4 nitrogen and oxygen atoms in total. The molecule has 3 aromatic rings. The van der Waals surface area contributed by atoms with Crippen molar-refractivity contribution in [2.24, 2.45) is 0 Å². The Morgan fingerprint density at radius 3 is 2.47 bits per heavy atom. The quantitative estimate of drug-likeness (QED) is 0.428. The Bertz CT molecular complexity index is 1040. The smallest absolute Gasteiger partial charge is 0.332 e. The number of carboxylic acids is 1. The summed E-state index contributed by atoms with van der Waals surface area (Å²) in [7, 11) is 0. The summed E-state index contributed by atoms with van der Waals surface area (Å²) in [6, 6.07) is 17.4. The Morgan fingerprint density at radius 2 is 1.80 bits per heavy atom. The molecule has 0 aliphatic heterocycles. The van der Waals surface area contributed by atoms with Gasteiger partial charge in [-0.1, -0.05) is 73.5 Å². The number of aromatic nitrogens is 2. The third-order valence-electron chi connectivity index (χ3n) is 5.30. The van der Waals surface area contributed by atoms with Crippen molar-refractivity contribution in [2.75, 3.05) is 0 Å². The van der Waals surface area contributed by atoms with Crippen LogP contribution in [0.15, 0.2) is 66.4 Å². The van der Waals surface area contributed by atoms with Gasteiger partial charge in [0.15, 0.2) is 0 Å². The van der Waals surface area contributed by atoms with Gasteiger partial charge in [-0.2, -0.15) is 0 Å². The number of halogens is 1. The summed E-state index contributed by atoms with van der Waals surface area (Å²) in [5.74, 6) is 0.0486. The standard InChI is InChI=1S/C25H27ClN2O2/c1-3-4-14-24-27-16-23(28(24)17-20-12-8-9-13-22(20)26)18(2)21(25(29)30)15-19-10-6-5-7-11-19/h5-13,16H,3-4,14-15,17H2,1-2H3,(H,29,30). The van der Waals surface area contributed by atoms with Crippen LogP contribution in [-0.2, 0) is 24.2 Å². The molecule has 0 saturated carbocycles. The topological polar surface area (TPSA) is 55.1 Å². The minimum atomic E-state index is -0.906. The van der Waals surface area contributed by atoms with Gasteiger partial charge in [-0.3, -0.25) is 0 Å². The van der Waals surface area contributed by atoms with Crippen molar-refractivity contribution in [3.63, 3.8) is 0 Å². The van der Waals surface area contributed by atoms with Crippen LogP contribution in [0.3, 0.4) is 0 Å². The molecule has 3 rings (SSSR count). The second-order valence-electron chi connectivity index (χ2n) is 7.41. The van der Waals surface area contributed by atoms with Gasteiger partial charge in [0, 0.05) is 23.4 Å². The number of aryl methyl sites for hydroxylation is 1. The number of carbonyl (C=O) groups is 1. The van der Waals surface area contributed by atoms with Gasteiger partial charge in [0.2, 0.25) is 0 Å². The summed E-state index contributed by atoms with van der Waals surface area (Å²) in [6.45, 7) is 4.58. The van der Waals surface area contributed by atoms with Crippen LogP contribution in [0.5, 0.6) is 0 Å². The Morgan fingerprint density at radius 1 is 1.10 bits per heavy atom. The van der Waals surface area contributed by atoms with Crippen LogP contribution in [-0.4, -0.2) is 20.6 Å². The van der Waals surface area contributed by atoms with Crippen LogP contribution in [0.2, 0.25) is 5.02 Å². The van der Waals surface area contributed by atoms with Crippen molar-refractivity contribution in [3.05, 3.63) is 94.0 Å². The van der Waals surface area contributed by atoms with E-state index in [1.54, 1.807) is 6.20 Å².